The third kappa shape index (κ3) is 6.39. The van der Waals surface area contributed by atoms with E-state index in [0.717, 1.165) is 36.8 Å². The lowest BCUT2D eigenvalue weighted by atomic mass is 9.72. The summed E-state index contributed by atoms with van der Waals surface area (Å²) in [5, 5.41) is 34.7. The molecule has 8 atom stereocenters. The number of aliphatic hydroxyl groups excluding tert-OH is 2. The van der Waals surface area contributed by atoms with Gasteiger partial charge in [-0.3, -0.25) is 9.59 Å². The van der Waals surface area contributed by atoms with Gasteiger partial charge in [-0.15, -0.1) is 15.0 Å². The van der Waals surface area contributed by atoms with Gasteiger partial charge in [0.25, 0.3) is 0 Å². The second kappa shape index (κ2) is 12.4. The van der Waals surface area contributed by atoms with Crippen molar-refractivity contribution in [3.05, 3.63) is 47.3 Å². The van der Waals surface area contributed by atoms with Gasteiger partial charge in [0.15, 0.2) is 12.6 Å². The van der Waals surface area contributed by atoms with E-state index in [1.807, 2.05) is 44.2 Å². The number of carbonyl (C=O) groups excluding carboxylic acids is 2. The lowest BCUT2D eigenvalue weighted by Crippen LogP contribution is -2.45. The Hall–Kier alpha value is -2.95. The number of ketones is 1. The average Bonchev–Trinajstić information content (AvgIpc) is 3.77. The van der Waals surface area contributed by atoms with Crippen molar-refractivity contribution in [3.63, 3.8) is 0 Å². The average molecular weight is 609 g/mol. The first-order chi connectivity index (χ1) is 20.8. The quantitative estimate of drug-likeness (QED) is 0.446. The number of Topliss-reactive ketones (excluding diaryl/α,β-unsaturated/α-hetero) is 1. The Labute approximate surface area is 260 Å². The minimum absolute atomic E-state index is 0.0445. The molecule has 1 aromatic heterocycles. The first-order valence-electron chi connectivity index (χ1n) is 16.0. The number of carbonyl (C=O) groups is 2. The number of cyclic esters (lactones) is 1. The molecule has 2 heterocycles. The zero-order valence-electron chi connectivity index (χ0n) is 26.9. The van der Waals surface area contributed by atoms with Crippen molar-refractivity contribution in [1.82, 2.24) is 20.2 Å². The molecule has 1 saturated heterocycles. The smallest absolute Gasteiger partial charge is 0.309 e. The number of nitrogens with zero attached hydrogens (tertiary/aromatic N) is 4. The van der Waals surface area contributed by atoms with Gasteiger partial charge in [-0.05, 0) is 77.7 Å². The van der Waals surface area contributed by atoms with Crippen LogP contribution in [0.5, 0.6) is 0 Å². The Bertz CT molecular complexity index is 1370. The molecule has 0 bridgehead atoms. The first kappa shape index (κ1) is 32.4. The van der Waals surface area contributed by atoms with Crippen molar-refractivity contribution in [2.75, 3.05) is 0 Å². The first-order valence-corrected chi connectivity index (χ1v) is 16.0. The van der Waals surface area contributed by atoms with Crippen molar-refractivity contribution in [1.29, 1.82) is 0 Å². The number of fused-ring (bicyclic) bond motifs is 1. The number of esters is 1. The van der Waals surface area contributed by atoms with E-state index in [1.165, 1.54) is 4.80 Å². The predicted molar refractivity (Wildman–Crippen MR) is 163 cm³/mol. The number of aliphatic hydroxyl groups is 2. The van der Waals surface area contributed by atoms with E-state index in [2.05, 4.69) is 22.3 Å². The fraction of sp³-hybridized carbons (Fsp3) is 0.676. The Morgan fingerprint density at radius 1 is 1.14 bits per heavy atom. The summed E-state index contributed by atoms with van der Waals surface area (Å²) in [5.74, 6) is -0.536. The van der Waals surface area contributed by atoms with Gasteiger partial charge >= 0.3 is 5.97 Å². The van der Waals surface area contributed by atoms with Gasteiger partial charge in [0.1, 0.15) is 11.9 Å². The minimum atomic E-state index is -1.25. The summed E-state index contributed by atoms with van der Waals surface area (Å²) in [4.78, 5) is 28.0. The molecule has 240 valence electrons. The van der Waals surface area contributed by atoms with Crippen molar-refractivity contribution < 1.29 is 29.3 Å². The highest BCUT2D eigenvalue weighted by atomic mass is 16.5. The summed E-state index contributed by atoms with van der Waals surface area (Å²) in [6, 6.07) is 9.85. The van der Waals surface area contributed by atoms with Crippen LogP contribution < -0.4 is 0 Å². The van der Waals surface area contributed by atoms with E-state index < -0.39 is 35.6 Å². The van der Waals surface area contributed by atoms with Crippen LogP contribution in [0.3, 0.4) is 0 Å². The molecular weight excluding hydrogens is 560 g/mol. The SMILES string of the molecule is C/C(=C\c1nnn(COCc2ccccc2)n1)[C@@H]1CC23CC2[C@]3(C)CCC[C@H](C)[C@H](O)[C@@H](C)C(=O)C(C)(C)[C@@H](O)CC(=O)O1. The third-order valence-corrected chi connectivity index (χ3v) is 11.1. The molecule has 0 radical (unpaired) electrons. The summed E-state index contributed by atoms with van der Waals surface area (Å²) < 4.78 is 11.8. The molecule has 2 N–H and O–H groups in total. The molecule has 5 rings (SSSR count). The van der Waals surface area contributed by atoms with E-state index in [4.69, 9.17) is 9.47 Å². The van der Waals surface area contributed by atoms with E-state index in [-0.39, 0.29) is 35.7 Å². The Morgan fingerprint density at radius 2 is 1.86 bits per heavy atom. The third-order valence-electron chi connectivity index (χ3n) is 11.1. The largest absolute Gasteiger partial charge is 0.458 e. The van der Waals surface area contributed by atoms with Crippen LogP contribution in [0.15, 0.2) is 35.9 Å². The maximum absolute atomic E-state index is 13.4. The highest BCUT2D eigenvalue weighted by Crippen LogP contribution is 2.91. The Balaban J connectivity index is 1.32. The molecule has 1 aromatic carbocycles. The number of hydrogen-bond acceptors (Lipinski definition) is 9. The second-order valence-electron chi connectivity index (χ2n) is 14.3. The zero-order valence-corrected chi connectivity index (χ0v) is 26.9. The second-order valence-corrected chi connectivity index (χ2v) is 14.3. The fourth-order valence-corrected chi connectivity index (χ4v) is 7.56. The molecule has 3 aliphatic rings. The maximum Gasteiger partial charge on any atom is 0.309 e. The number of benzene rings is 1. The molecular formula is C34H48N4O6. The van der Waals surface area contributed by atoms with E-state index in [9.17, 15) is 19.8 Å². The predicted octanol–water partition coefficient (Wildman–Crippen LogP) is 4.74. The molecule has 2 saturated carbocycles. The van der Waals surface area contributed by atoms with Crippen LogP contribution in [0, 0.1) is 34.0 Å². The molecule has 2 unspecified atom stereocenters. The van der Waals surface area contributed by atoms with Crippen molar-refractivity contribution in [2.24, 2.45) is 34.0 Å². The number of aromatic nitrogens is 4. The lowest BCUT2D eigenvalue weighted by Gasteiger charge is -2.35. The van der Waals surface area contributed by atoms with Gasteiger partial charge in [0.05, 0.1) is 30.7 Å². The van der Waals surface area contributed by atoms with E-state index in [1.54, 1.807) is 26.8 Å². The molecule has 0 amide bonds. The molecule has 3 fully saturated rings. The van der Waals surface area contributed by atoms with Crippen LogP contribution in [0.25, 0.3) is 6.08 Å². The van der Waals surface area contributed by atoms with Gasteiger partial charge in [0.2, 0.25) is 0 Å². The summed E-state index contributed by atoms with van der Waals surface area (Å²) in [6.07, 6.45) is 3.51. The normalized spacial score (nSPS) is 36.2. The maximum atomic E-state index is 13.4. The topological polar surface area (TPSA) is 137 Å². The van der Waals surface area contributed by atoms with Crippen LogP contribution in [-0.4, -0.2) is 60.5 Å². The van der Waals surface area contributed by atoms with Gasteiger partial charge in [-0.2, -0.15) is 0 Å². The van der Waals surface area contributed by atoms with Gasteiger partial charge in [-0.1, -0.05) is 71.4 Å². The summed E-state index contributed by atoms with van der Waals surface area (Å²) in [5.41, 5.74) is 0.906. The van der Waals surface area contributed by atoms with Gasteiger partial charge in [-0.25, -0.2) is 0 Å². The van der Waals surface area contributed by atoms with Crippen LogP contribution in [0.2, 0.25) is 0 Å². The van der Waals surface area contributed by atoms with E-state index >= 15 is 0 Å². The highest BCUT2D eigenvalue weighted by Gasteiger charge is 2.85. The fourth-order valence-electron chi connectivity index (χ4n) is 7.56. The van der Waals surface area contributed by atoms with Gasteiger partial charge in [0, 0.05) is 5.92 Å². The van der Waals surface area contributed by atoms with Crippen molar-refractivity contribution >= 4 is 17.8 Å². The number of rotatable bonds is 6. The molecule has 10 heteroatoms. The van der Waals surface area contributed by atoms with Crippen molar-refractivity contribution in [3.8, 4) is 0 Å². The molecule has 2 aliphatic carbocycles. The number of tetrazole rings is 1. The van der Waals surface area contributed by atoms with Crippen molar-refractivity contribution in [2.45, 2.75) is 112 Å². The van der Waals surface area contributed by atoms with Gasteiger partial charge < -0.3 is 19.7 Å². The van der Waals surface area contributed by atoms with Crippen LogP contribution in [-0.2, 0) is 32.4 Å². The molecule has 1 spiro atoms. The summed E-state index contributed by atoms with van der Waals surface area (Å²) >= 11 is 0. The molecule has 10 nitrogen and oxygen atoms in total. The monoisotopic (exact) mass is 608 g/mol. The number of ether oxygens (including phenoxy) is 2. The molecule has 1 aliphatic heterocycles. The van der Waals surface area contributed by atoms with Crippen LogP contribution in [0.4, 0.5) is 0 Å². The summed E-state index contributed by atoms with van der Waals surface area (Å²) in [6.45, 7) is 11.8. The van der Waals surface area contributed by atoms with E-state index in [0.29, 0.717) is 24.8 Å². The molecule has 2 aromatic rings. The molecule has 44 heavy (non-hydrogen) atoms. The van der Waals surface area contributed by atoms with Crippen LogP contribution in [0.1, 0.15) is 91.5 Å². The lowest BCUT2D eigenvalue weighted by molar-refractivity contribution is -0.155. The zero-order chi connectivity index (χ0) is 31.9. The standard InChI is InChI=1S/C34H48N4O6/c1-21-11-10-14-33(6)26-18-34(26,33)17-25(44-29(40)16-27(39)32(4,5)31(42)23(3)30(21)41)22(2)15-28-35-37-38(36-28)20-43-19-24-12-8-7-9-13-24/h7-9,12-13,15,21,23,25-27,30,39,41H,10-11,14,16-20H2,1-6H3/b22-15+/t21-,23+,25-,26?,27-,30-,33-,34?/m0/s1. The summed E-state index contributed by atoms with van der Waals surface area (Å²) in [7, 11) is 0. The van der Waals surface area contributed by atoms with Crippen LogP contribution >= 0.6 is 0 Å². The highest BCUT2D eigenvalue weighted by molar-refractivity contribution is 5.88. The minimum Gasteiger partial charge on any atom is -0.458 e. The Morgan fingerprint density at radius 3 is 2.57 bits per heavy atom. The number of hydrogen-bond donors (Lipinski definition) is 2. The Kier molecular flexibility index (Phi) is 9.18.